The Morgan fingerprint density at radius 2 is 2.00 bits per heavy atom. The average Bonchev–Trinajstić information content (AvgIpc) is 3.04. The Kier molecular flexibility index (Phi) is 4.01. The summed E-state index contributed by atoms with van der Waals surface area (Å²) in [5.41, 5.74) is 0. The summed E-state index contributed by atoms with van der Waals surface area (Å²) in [7, 11) is 0. The van der Waals surface area contributed by atoms with Crippen LogP contribution in [0, 0.1) is 0 Å². The number of nitrogens with zero attached hydrogens (tertiary/aromatic N) is 1. The summed E-state index contributed by atoms with van der Waals surface area (Å²) in [5, 5.41) is 5.56. The molecule has 1 N–H and O–H groups in total. The Morgan fingerprint density at radius 1 is 1.17 bits per heavy atom. The highest BCUT2D eigenvalue weighted by Gasteiger charge is 2.25. The van der Waals surface area contributed by atoms with Gasteiger partial charge in [0.15, 0.2) is 0 Å². The largest absolute Gasteiger partial charge is 0.314 e. The molecule has 0 aromatic carbocycles. The van der Waals surface area contributed by atoms with E-state index in [-0.39, 0.29) is 0 Å². The summed E-state index contributed by atoms with van der Waals surface area (Å²) < 4.78 is 0.877. The number of thiophene rings is 2. The Hall–Kier alpha value is -0.390. The predicted molar refractivity (Wildman–Crippen MR) is 79.9 cm³/mol. The molecule has 18 heavy (non-hydrogen) atoms. The van der Waals surface area contributed by atoms with Crippen molar-refractivity contribution in [1.82, 2.24) is 10.2 Å². The normalized spacial score (nSPS) is 18.9. The molecule has 0 radical (unpaired) electrons. The second-order valence-electron chi connectivity index (χ2n) is 4.35. The van der Waals surface area contributed by atoms with E-state index >= 15 is 0 Å². The first-order chi connectivity index (χ1) is 8.84. The van der Waals surface area contributed by atoms with Crippen LogP contribution < -0.4 is 5.32 Å². The molecular weight excluding hydrogens is 284 g/mol. The molecule has 5 heteroatoms. The Balaban J connectivity index is 1.92. The highest BCUT2D eigenvalue weighted by molar-refractivity contribution is 7.16. The molecule has 1 saturated heterocycles. The van der Waals surface area contributed by atoms with Crippen molar-refractivity contribution in [3.63, 3.8) is 0 Å². The molecule has 0 bridgehead atoms. The van der Waals surface area contributed by atoms with Crippen LogP contribution in [0.5, 0.6) is 0 Å². The maximum atomic E-state index is 6.10. The molecular formula is C13H15ClN2S2. The number of nitrogens with one attached hydrogen (secondary N) is 1. The van der Waals surface area contributed by atoms with E-state index in [1.807, 2.05) is 17.4 Å². The van der Waals surface area contributed by atoms with Crippen molar-refractivity contribution in [2.45, 2.75) is 6.04 Å². The average molecular weight is 299 g/mol. The van der Waals surface area contributed by atoms with Crippen LogP contribution in [0.25, 0.3) is 0 Å². The second-order valence-corrected chi connectivity index (χ2v) is 7.07. The maximum absolute atomic E-state index is 6.10. The third-order valence-electron chi connectivity index (χ3n) is 3.19. The van der Waals surface area contributed by atoms with Gasteiger partial charge in [0.25, 0.3) is 0 Å². The first-order valence-electron chi connectivity index (χ1n) is 6.08. The zero-order chi connectivity index (χ0) is 12.4. The van der Waals surface area contributed by atoms with E-state index in [0.717, 1.165) is 30.5 Å². The summed E-state index contributed by atoms with van der Waals surface area (Å²) in [6, 6.07) is 8.91. The van der Waals surface area contributed by atoms with Gasteiger partial charge < -0.3 is 5.32 Å². The molecule has 2 nitrogen and oxygen atoms in total. The Bertz CT molecular complexity index is 489. The lowest BCUT2D eigenvalue weighted by atomic mass is 10.1. The number of halogens is 1. The van der Waals surface area contributed by atoms with E-state index in [2.05, 4.69) is 33.8 Å². The van der Waals surface area contributed by atoms with E-state index in [1.165, 1.54) is 9.75 Å². The van der Waals surface area contributed by atoms with Gasteiger partial charge >= 0.3 is 0 Å². The van der Waals surface area contributed by atoms with Crippen LogP contribution in [0.1, 0.15) is 15.8 Å². The molecule has 3 heterocycles. The summed E-state index contributed by atoms with van der Waals surface area (Å²) in [4.78, 5) is 5.31. The van der Waals surface area contributed by atoms with Gasteiger partial charge in [0, 0.05) is 35.9 Å². The monoisotopic (exact) mass is 298 g/mol. The molecule has 0 spiro atoms. The third-order valence-corrected chi connectivity index (χ3v) is 5.40. The van der Waals surface area contributed by atoms with Crippen LogP contribution in [0.2, 0.25) is 4.34 Å². The van der Waals surface area contributed by atoms with Gasteiger partial charge in [-0.3, -0.25) is 4.90 Å². The SMILES string of the molecule is Clc1ccc([C@@H](c2cccs2)N2CCNCC2)s1. The topological polar surface area (TPSA) is 15.3 Å². The van der Waals surface area contributed by atoms with Crippen molar-refractivity contribution in [3.8, 4) is 0 Å². The van der Waals surface area contributed by atoms with Crippen molar-refractivity contribution >= 4 is 34.3 Å². The molecule has 2 aromatic rings. The number of piperazine rings is 1. The summed E-state index contributed by atoms with van der Waals surface area (Å²) in [6.45, 7) is 4.33. The molecule has 0 amide bonds. The van der Waals surface area contributed by atoms with Gasteiger partial charge in [0.1, 0.15) is 0 Å². The summed E-state index contributed by atoms with van der Waals surface area (Å²) in [6.07, 6.45) is 0. The first-order valence-corrected chi connectivity index (χ1v) is 8.15. The molecule has 1 aliphatic heterocycles. The Morgan fingerprint density at radius 3 is 2.61 bits per heavy atom. The smallest absolute Gasteiger partial charge is 0.0931 e. The molecule has 0 aliphatic carbocycles. The van der Waals surface area contributed by atoms with Crippen molar-refractivity contribution in [2.75, 3.05) is 26.2 Å². The van der Waals surface area contributed by atoms with Gasteiger partial charge in [-0.05, 0) is 23.6 Å². The van der Waals surface area contributed by atoms with Crippen LogP contribution in [-0.4, -0.2) is 31.1 Å². The first kappa shape index (κ1) is 12.6. The van der Waals surface area contributed by atoms with Crippen LogP contribution >= 0.6 is 34.3 Å². The lowest BCUT2D eigenvalue weighted by Crippen LogP contribution is -2.45. The Labute approximate surface area is 120 Å². The standard InChI is InChI=1S/C13H15ClN2S2/c14-12-4-3-11(18-12)13(10-2-1-9-17-10)16-7-5-15-6-8-16/h1-4,9,13,15H,5-8H2/t13-/m1/s1. The van der Waals surface area contributed by atoms with Crippen LogP contribution in [-0.2, 0) is 0 Å². The van der Waals surface area contributed by atoms with E-state index < -0.39 is 0 Å². The fourth-order valence-electron chi connectivity index (χ4n) is 2.36. The lowest BCUT2D eigenvalue weighted by Gasteiger charge is -2.33. The van der Waals surface area contributed by atoms with Gasteiger partial charge in [-0.2, -0.15) is 0 Å². The van der Waals surface area contributed by atoms with Crippen molar-refractivity contribution in [2.24, 2.45) is 0 Å². The fraction of sp³-hybridized carbons (Fsp3) is 0.385. The highest BCUT2D eigenvalue weighted by atomic mass is 35.5. The zero-order valence-electron chi connectivity index (χ0n) is 9.93. The van der Waals surface area contributed by atoms with E-state index in [1.54, 1.807) is 11.3 Å². The van der Waals surface area contributed by atoms with Crippen LogP contribution in [0.4, 0.5) is 0 Å². The lowest BCUT2D eigenvalue weighted by molar-refractivity contribution is 0.203. The third kappa shape index (κ3) is 2.63. The van der Waals surface area contributed by atoms with Gasteiger partial charge in [-0.1, -0.05) is 17.7 Å². The molecule has 1 fully saturated rings. The van der Waals surface area contributed by atoms with Gasteiger partial charge in [-0.15, -0.1) is 22.7 Å². The van der Waals surface area contributed by atoms with E-state index in [9.17, 15) is 0 Å². The predicted octanol–water partition coefficient (Wildman–Crippen LogP) is 3.46. The van der Waals surface area contributed by atoms with Crippen molar-refractivity contribution < 1.29 is 0 Å². The van der Waals surface area contributed by atoms with Gasteiger partial charge in [0.05, 0.1) is 10.4 Å². The highest BCUT2D eigenvalue weighted by Crippen LogP contribution is 2.37. The zero-order valence-corrected chi connectivity index (χ0v) is 12.3. The minimum Gasteiger partial charge on any atom is -0.314 e. The molecule has 2 aromatic heterocycles. The quantitative estimate of drug-likeness (QED) is 0.933. The van der Waals surface area contributed by atoms with E-state index in [0.29, 0.717) is 6.04 Å². The van der Waals surface area contributed by atoms with Gasteiger partial charge in [-0.25, -0.2) is 0 Å². The van der Waals surface area contributed by atoms with Crippen LogP contribution in [0.15, 0.2) is 29.6 Å². The fourth-order valence-corrected chi connectivity index (χ4v) is 4.53. The molecule has 96 valence electrons. The molecule has 0 unspecified atom stereocenters. The molecule has 1 aliphatic rings. The van der Waals surface area contributed by atoms with Crippen LogP contribution in [0.3, 0.4) is 0 Å². The molecule has 0 saturated carbocycles. The minimum absolute atomic E-state index is 0.379. The second kappa shape index (κ2) is 5.72. The molecule has 3 rings (SSSR count). The summed E-state index contributed by atoms with van der Waals surface area (Å²) in [5.74, 6) is 0. The van der Waals surface area contributed by atoms with Crippen molar-refractivity contribution in [1.29, 1.82) is 0 Å². The summed E-state index contributed by atoms with van der Waals surface area (Å²) >= 11 is 9.62. The maximum Gasteiger partial charge on any atom is 0.0931 e. The minimum atomic E-state index is 0.379. The van der Waals surface area contributed by atoms with Gasteiger partial charge in [0.2, 0.25) is 0 Å². The number of hydrogen-bond acceptors (Lipinski definition) is 4. The molecule has 1 atom stereocenters. The number of rotatable bonds is 3. The van der Waals surface area contributed by atoms with E-state index in [4.69, 9.17) is 11.6 Å². The number of hydrogen-bond donors (Lipinski definition) is 1. The van der Waals surface area contributed by atoms with Crippen molar-refractivity contribution in [3.05, 3.63) is 43.7 Å².